The second-order valence-corrected chi connectivity index (χ2v) is 5.17. The van der Waals surface area contributed by atoms with Crippen molar-refractivity contribution in [2.45, 2.75) is 39.5 Å². The van der Waals surface area contributed by atoms with Gasteiger partial charge in [0.25, 0.3) is 0 Å². The number of aromatic nitrogens is 2. The SMILES string of the molecule is Cc1nn(CC(F)(F)F)c(C)c1C(C)NC(=O)N(C)CCO. The first kappa shape index (κ1) is 18.3. The Kier molecular flexibility index (Phi) is 5.81. The molecule has 0 aliphatic carbocycles. The highest BCUT2D eigenvalue weighted by atomic mass is 19.4. The zero-order valence-corrected chi connectivity index (χ0v) is 13.0. The molecule has 0 bridgehead atoms. The first-order valence-corrected chi connectivity index (χ1v) is 6.80. The highest BCUT2D eigenvalue weighted by molar-refractivity contribution is 5.74. The maximum Gasteiger partial charge on any atom is 0.408 e. The summed E-state index contributed by atoms with van der Waals surface area (Å²) in [5.41, 5.74) is 1.38. The molecule has 0 aromatic carbocycles. The minimum absolute atomic E-state index is 0.167. The first-order valence-electron chi connectivity index (χ1n) is 6.80. The lowest BCUT2D eigenvalue weighted by atomic mass is 10.1. The van der Waals surface area contributed by atoms with E-state index in [9.17, 15) is 18.0 Å². The lowest BCUT2D eigenvalue weighted by Gasteiger charge is -2.21. The van der Waals surface area contributed by atoms with Gasteiger partial charge in [-0.2, -0.15) is 18.3 Å². The molecule has 22 heavy (non-hydrogen) atoms. The van der Waals surface area contributed by atoms with Crippen LogP contribution in [0.15, 0.2) is 0 Å². The van der Waals surface area contributed by atoms with Crippen molar-refractivity contribution in [3.05, 3.63) is 17.0 Å². The molecule has 6 nitrogen and oxygen atoms in total. The minimum atomic E-state index is -4.35. The van der Waals surface area contributed by atoms with Gasteiger partial charge in [-0.25, -0.2) is 4.79 Å². The van der Waals surface area contributed by atoms with Crippen LogP contribution in [0.1, 0.15) is 29.9 Å². The van der Waals surface area contributed by atoms with E-state index in [1.807, 2.05) is 0 Å². The summed E-state index contributed by atoms with van der Waals surface area (Å²) in [6.07, 6.45) is -4.35. The Morgan fingerprint density at radius 1 is 1.45 bits per heavy atom. The van der Waals surface area contributed by atoms with Crippen molar-refractivity contribution in [1.82, 2.24) is 20.0 Å². The van der Waals surface area contributed by atoms with Crippen molar-refractivity contribution in [1.29, 1.82) is 0 Å². The van der Waals surface area contributed by atoms with Gasteiger partial charge in [-0.15, -0.1) is 0 Å². The van der Waals surface area contributed by atoms with Gasteiger partial charge in [0.15, 0.2) is 0 Å². The molecule has 1 unspecified atom stereocenters. The molecule has 1 atom stereocenters. The summed E-state index contributed by atoms with van der Waals surface area (Å²) in [6.45, 7) is 3.67. The molecule has 0 fully saturated rings. The Morgan fingerprint density at radius 3 is 2.55 bits per heavy atom. The van der Waals surface area contributed by atoms with Gasteiger partial charge in [-0.1, -0.05) is 0 Å². The van der Waals surface area contributed by atoms with Crippen LogP contribution >= 0.6 is 0 Å². The normalized spacial score (nSPS) is 13.1. The highest BCUT2D eigenvalue weighted by Crippen LogP contribution is 2.25. The van der Waals surface area contributed by atoms with Crippen LogP contribution in [0.25, 0.3) is 0 Å². The Balaban J connectivity index is 2.90. The van der Waals surface area contributed by atoms with Crippen molar-refractivity contribution in [2.75, 3.05) is 20.2 Å². The number of nitrogens with one attached hydrogen (secondary N) is 1. The smallest absolute Gasteiger partial charge is 0.395 e. The summed E-state index contributed by atoms with van der Waals surface area (Å²) in [5.74, 6) is 0. The van der Waals surface area contributed by atoms with Crippen molar-refractivity contribution in [2.24, 2.45) is 0 Å². The average molecular weight is 322 g/mol. The van der Waals surface area contributed by atoms with Crippen LogP contribution in [-0.2, 0) is 6.54 Å². The molecule has 1 rings (SSSR count). The average Bonchev–Trinajstić information content (AvgIpc) is 2.62. The molecule has 1 aromatic rings. The number of nitrogens with zero attached hydrogens (tertiary/aromatic N) is 3. The second-order valence-electron chi connectivity index (χ2n) is 5.17. The van der Waals surface area contributed by atoms with E-state index in [4.69, 9.17) is 5.11 Å². The topological polar surface area (TPSA) is 70.4 Å². The number of rotatable bonds is 5. The fourth-order valence-corrected chi connectivity index (χ4v) is 2.28. The lowest BCUT2D eigenvalue weighted by molar-refractivity contribution is -0.143. The number of urea groups is 1. The van der Waals surface area contributed by atoms with E-state index in [0.717, 1.165) is 4.68 Å². The van der Waals surface area contributed by atoms with E-state index in [0.29, 0.717) is 17.0 Å². The number of hydrogen-bond donors (Lipinski definition) is 2. The number of hydrogen-bond acceptors (Lipinski definition) is 3. The third-order valence-corrected chi connectivity index (χ3v) is 3.32. The van der Waals surface area contributed by atoms with E-state index in [2.05, 4.69) is 10.4 Å². The number of alkyl halides is 3. The Labute approximate surface area is 126 Å². The molecule has 0 aliphatic rings. The fraction of sp³-hybridized carbons (Fsp3) is 0.692. The number of aliphatic hydroxyl groups excluding tert-OH is 1. The molecule has 2 N–H and O–H groups in total. The predicted molar refractivity (Wildman–Crippen MR) is 74.4 cm³/mol. The molecule has 0 aliphatic heterocycles. The summed E-state index contributed by atoms with van der Waals surface area (Å²) in [6, 6.07) is -0.903. The van der Waals surface area contributed by atoms with Crippen molar-refractivity contribution >= 4 is 6.03 Å². The molecule has 1 aromatic heterocycles. The van der Waals surface area contributed by atoms with Crippen molar-refractivity contribution in [3.8, 4) is 0 Å². The largest absolute Gasteiger partial charge is 0.408 e. The molecular formula is C13H21F3N4O2. The molecule has 0 spiro atoms. The van der Waals surface area contributed by atoms with Gasteiger partial charge in [0.05, 0.1) is 18.3 Å². The summed E-state index contributed by atoms with van der Waals surface area (Å²) in [5, 5.41) is 15.4. The van der Waals surface area contributed by atoms with E-state index in [-0.39, 0.29) is 13.2 Å². The van der Waals surface area contributed by atoms with Gasteiger partial charge in [0.2, 0.25) is 0 Å². The quantitative estimate of drug-likeness (QED) is 0.868. The minimum Gasteiger partial charge on any atom is -0.395 e. The Morgan fingerprint density at radius 2 is 2.05 bits per heavy atom. The summed E-state index contributed by atoms with van der Waals surface area (Å²) >= 11 is 0. The number of likely N-dealkylation sites (N-methyl/N-ethyl adjacent to an activating group) is 1. The van der Waals surface area contributed by atoms with Gasteiger partial charge < -0.3 is 15.3 Å². The van der Waals surface area contributed by atoms with E-state index >= 15 is 0 Å². The van der Waals surface area contributed by atoms with Gasteiger partial charge >= 0.3 is 12.2 Å². The highest BCUT2D eigenvalue weighted by Gasteiger charge is 2.31. The van der Waals surface area contributed by atoms with Crippen LogP contribution in [0.5, 0.6) is 0 Å². The number of halogens is 3. The van der Waals surface area contributed by atoms with Gasteiger partial charge in [0, 0.05) is 24.8 Å². The zero-order chi connectivity index (χ0) is 17.1. The van der Waals surface area contributed by atoms with Crippen molar-refractivity contribution in [3.63, 3.8) is 0 Å². The molecule has 0 saturated carbocycles. The van der Waals surface area contributed by atoms with Crippen LogP contribution in [0.2, 0.25) is 0 Å². The maximum atomic E-state index is 12.5. The summed E-state index contributed by atoms with van der Waals surface area (Å²) < 4.78 is 38.4. The molecule has 126 valence electrons. The Bertz CT molecular complexity index is 528. The van der Waals surface area contributed by atoms with Crippen molar-refractivity contribution < 1.29 is 23.1 Å². The lowest BCUT2D eigenvalue weighted by Crippen LogP contribution is -2.40. The first-order chi connectivity index (χ1) is 10.1. The molecule has 1 heterocycles. The monoisotopic (exact) mass is 322 g/mol. The van der Waals surface area contributed by atoms with Crippen LogP contribution < -0.4 is 5.32 Å². The molecule has 0 radical (unpaired) electrons. The molecular weight excluding hydrogens is 301 g/mol. The standard InChI is InChI=1S/C13H21F3N4O2/c1-8(17-12(22)19(4)5-6-21)11-9(2)18-20(10(11)3)7-13(14,15)16/h8,21H,5-7H2,1-4H3,(H,17,22). The van der Waals surface area contributed by atoms with E-state index < -0.39 is 24.8 Å². The third kappa shape index (κ3) is 4.62. The van der Waals surface area contributed by atoms with Gasteiger partial charge in [-0.3, -0.25) is 4.68 Å². The van der Waals surface area contributed by atoms with Gasteiger partial charge in [0.1, 0.15) is 6.54 Å². The number of amides is 2. The predicted octanol–water partition coefficient (Wildman–Crippen LogP) is 1.76. The molecule has 0 saturated heterocycles. The summed E-state index contributed by atoms with van der Waals surface area (Å²) in [7, 11) is 1.52. The van der Waals surface area contributed by atoms with Gasteiger partial charge in [-0.05, 0) is 20.8 Å². The number of carbonyl (C=O) groups is 1. The van der Waals surface area contributed by atoms with E-state index in [1.54, 1.807) is 20.8 Å². The van der Waals surface area contributed by atoms with Crippen LogP contribution in [-0.4, -0.2) is 52.2 Å². The molecule has 9 heteroatoms. The number of aryl methyl sites for hydroxylation is 1. The summed E-state index contributed by atoms with van der Waals surface area (Å²) in [4.78, 5) is 13.2. The number of carbonyl (C=O) groups excluding carboxylic acids is 1. The maximum absolute atomic E-state index is 12.5. The molecule has 2 amide bonds. The van der Waals surface area contributed by atoms with Crippen LogP contribution in [0, 0.1) is 13.8 Å². The van der Waals surface area contributed by atoms with E-state index in [1.165, 1.54) is 11.9 Å². The van der Waals surface area contributed by atoms with Crippen LogP contribution in [0.3, 0.4) is 0 Å². The third-order valence-electron chi connectivity index (χ3n) is 3.32. The van der Waals surface area contributed by atoms with Crippen LogP contribution in [0.4, 0.5) is 18.0 Å². The Hall–Kier alpha value is -1.77. The zero-order valence-electron chi connectivity index (χ0n) is 13.0. The fourth-order valence-electron chi connectivity index (χ4n) is 2.28. The second kappa shape index (κ2) is 6.99. The number of aliphatic hydroxyl groups is 1.